The van der Waals surface area contributed by atoms with Crippen molar-refractivity contribution in [3.8, 4) is 17.2 Å². The molecule has 9 heteroatoms. The first-order chi connectivity index (χ1) is 14.2. The molecule has 3 heterocycles. The third-order valence-electron chi connectivity index (χ3n) is 4.71. The number of carbonyl (C=O) groups is 1. The summed E-state index contributed by atoms with van der Waals surface area (Å²) in [5.74, 6) is 1.61. The van der Waals surface area contributed by atoms with Gasteiger partial charge in [-0.15, -0.1) is 10.2 Å². The van der Waals surface area contributed by atoms with Crippen molar-refractivity contribution in [2.45, 2.75) is 5.22 Å². The van der Waals surface area contributed by atoms with Gasteiger partial charge in [0, 0.05) is 44.1 Å². The highest BCUT2D eigenvalue weighted by molar-refractivity contribution is 7.99. The smallest absolute Gasteiger partial charge is 0.277 e. The first kappa shape index (κ1) is 19.3. The van der Waals surface area contributed by atoms with Gasteiger partial charge >= 0.3 is 0 Å². The molecular weight excluding hydrogens is 390 g/mol. The van der Waals surface area contributed by atoms with E-state index in [2.05, 4.69) is 20.1 Å². The van der Waals surface area contributed by atoms with Gasteiger partial charge in [0.1, 0.15) is 5.75 Å². The van der Waals surface area contributed by atoms with Gasteiger partial charge < -0.3 is 19.0 Å². The number of hydrogen-bond acceptors (Lipinski definition) is 8. The minimum Gasteiger partial charge on any atom is -0.495 e. The van der Waals surface area contributed by atoms with Gasteiger partial charge in [0.25, 0.3) is 5.22 Å². The molecule has 0 bridgehead atoms. The maximum atomic E-state index is 12.6. The number of piperazine rings is 1. The molecule has 1 aromatic carbocycles. The SMILES string of the molecule is COc1ccccc1N1CCN(C(=O)CSc2nnc(-c3ccncc3)o2)CC1. The van der Waals surface area contributed by atoms with Crippen molar-refractivity contribution >= 4 is 23.4 Å². The summed E-state index contributed by atoms with van der Waals surface area (Å²) < 4.78 is 11.1. The second kappa shape index (κ2) is 8.95. The Bertz CT molecular complexity index is 958. The zero-order chi connectivity index (χ0) is 20.1. The zero-order valence-electron chi connectivity index (χ0n) is 16.0. The van der Waals surface area contributed by atoms with E-state index in [1.807, 2.05) is 29.2 Å². The minimum atomic E-state index is 0.0679. The van der Waals surface area contributed by atoms with Crippen molar-refractivity contribution < 1.29 is 13.9 Å². The molecule has 29 heavy (non-hydrogen) atoms. The lowest BCUT2D eigenvalue weighted by atomic mass is 10.2. The van der Waals surface area contributed by atoms with Gasteiger partial charge in [-0.1, -0.05) is 23.9 Å². The van der Waals surface area contributed by atoms with Crippen molar-refractivity contribution in [1.82, 2.24) is 20.1 Å². The molecule has 1 aliphatic heterocycles. The van der Waals surface area contributed by atoms with Crippen LogP contribution in [0.15, 0.2) is 58.4 Å². The standard InChI is InChI=1S/C20H21N5O3S/c1-27-17-5-3-2-4-16(17)24-10-12-25(13-11-24)18(26)14-29-20-23-22-19(28-20)15-6-8-21-9-7-15/h2-9H,10-14H2,1H3. The Labute approximate surface area is 172 Å². The molecule has 1 aliphatic rings. The largest absolute Gasteiger partial charge is 0.495 e. The average Bonchev–Trinajstić information content (AvgIpc) is 3.27. The van der Waals surface area contributed by atoms with Crippen molar-refractivity contribution in [3.05, 3.63) is 48.8 Å². The van der Waals surface area contributed by atoms with Crippen LogP contribution in [0.1, 0.15) is 0 Å². The van der Waals surface area contributed by atoms with E-state index in [4.69, 9.17) is 9.15 Å². The van der Waals surface area contributed by atoms with E-state index in [1.165, 1.54) is 11.8 Å². The first-order valence-electron chi connectivity index (χ1n) is 9.27. The molecule has 0 N–H and O–H groups in total. The van der Waals surface area contributed by atoms with E-state index in [-0.39, 0.29) is 11.7 Å². The first-order valence-corrected chi connectivity index (χ1v) is 10.3. The average molecular weight is 411 g/mol. The molecule has 0 radical (unpaired) electrons. The molecule has 2 aromatic heterocycles. The van der Waals surface area contributed by atoms with E-state index < -0.39 is 0 Å². The summed E-state index contributed by atoms with van der Waals surface area (Å²) in [7, 11) is 1.67. The van der Waals surface area contributed by atoms with Crippen LogP contribution in [-0.4, -0.2) is 65.0 Å². The Hall–Kier alpha value is -3.07. The van der Waals surface area contributed by atoms with Crippen LogP contribution in [0.25, 0.3) is 11.5 Å². The number of para-hydroxylation sites is 2. The predicted octanol–water partition coefficient (Wildman–Crippen LogP) is 2.58. The third-order valence-corrected chi connectivity index (χ3v) is 5.51. The zero-order valence-corrected chi connectivity index (χ0v) is 16.8. The topological polar surface area (TPSA) is 84.6 Å². The molecule has 1 saturated heterocycles. The highest BCUT2D eigenvalue weighted by Crippen LogP contribution is 2.28. The third kappa shape index (κ3) is 4.51. The molecule has 1 fully saturated rings. The van der Waals surface area contributed by atoms with Crippen LogP contribution in [0, 0.1) is 0 Å². The van der Waals surface area contributed by atoms with Gasteiger partial charge in [-0.25, -0.2) is 0 Å². The number of benzene rings is 1. The van der Waals surface area contributed by atoms with E-state index in [0.29, 0.717) is 24.2 Å². The maximum Gasteiger partial charge on any atom is 0.277 e. The lowest BCUT2D eigenvalue weighted by Crippen LogP contribution is -2.49. The van der Waals surface area contributed by atoms with E-state index in [0.717, 1.165) is 30.1 Å². The molecule has 150 valence electrons. The number of methoxy groups -OCH3 is 1. The molecule has 0 saturated carbocycles. The quantitative estimate of drug-likeness (QED) is 0.572. The fourth-order valence-electron chi connectivity index (χ4n) is 3.18. The summed E-state index contributed by atoms with van der Waals surface area (Å²) in [5.41, 5.74) is 1.86. The Balaban J connectivity index is 1.29. The Kier molecular flexibility index (Phi) is 5.95. The fourth-order valence-corrected chi connectivity index (χ4v) is 3.85. The van der Waals surface area contributed by atoms with Gasteiger partial charge in [0.2, 0.25) is 11.8 Å². The number of carbonyl (C=O) groups excluding carboxylic acids is 1. The van der Waals surface area contributed by atoms with Crippen LogP contribution in [-0.2, 0) is 4.79 Å². The van der Waals surface area contributed by atoms with Gasteiger partial charge in [0.15, 0.2) is 0 Å². The number of amides is 1. The molecule has 1 amide bonds. The molecule has 8 nitrogen and oxygen atoms in total. The summed E-state index contributed by atoms with van der Waals surface area (Å²) in [6.07, 6.45) is 3.33. The van der Waals surface area contributed by atoms with Crippen LogP contribution in [0.4, 0.5) is 5.69 Å². The Morgan fingerprint density at radius 1 is 1.10 bits per heavy atom. The second-order valence-electron chi connectivity index (χ2n) is 6.44. The maximum absolute atomic E-state index is 12.6. The fraction of sp³-hybridized carbons (Fsp3) is 0.300. The number of hydrogen-bond donors (Lipinski definition) is 0. The van der Waals surface area contributed by atoms with Crippen LogP contribution in [0.5, 0.6) is 5.75 Å². The number of ether oxygens (including phenoxy) is 1. The lowest BCUT2D eigenvalue weighted by Gasteiger charge is -2.36. The van der Waals surface area contributed by atoms with Crippen LogP contribution in [0.3, 0.4) is 0 Å². The van der Waals surface area contributed by atoms with Gasteiger partial charge in [0.05, 0.1) is 18.6 Å². The minimum absolute atomic E-state index is 0.0679. The van der Waals surface area contributed by atoms with E-state index >= 15 is 0 Å². The van der Waals surface area contributed by atoms with Crippen molar-refractivity contribution in [2.24, 2.45) is 0 Å². The van der Waals surface area contributed by atoms with Crippen molar-refractivity contribution in [3.63, 3.8) is 0 Å². The highest BCUT2D eigenvalue weighted by atomic mass is 32.2. The molecule has 0 unspecified atom stereocenters. The summed E-state index contributed by atoms with van der Waals surface area (Å²) in [5, 5.41) is 8.43. The number of anilines is 1. The predicted molar refractivity (Wildman–Crippen MR) is 110 cm³/mol. The van der Waals surface area contributed by atoms with Crippen molar-refractivity contribution in [1.29, 1.82) is 0 Å². The number of nitrogens with zero attached hydrogens (tertiary/aromatic N) is 5. The van der Waals surface area contributed by atoms with Gasteiger partial charge in [-0.2, -0.15) is 0 Å². The Morgan fingerprint density at radius 3 is 2.62 bits per heavy atom. The summed E-state index contributed by atoms with van der Waals surface area (Å²) >= 11 is 1.26. The van der Waals surface area contributed by atoms with Crippen molar-refractivity contribution in [2.75, 3.05) is 43.9 Å². The van der Waals surface area contributed by atoms with E-state index in [9.17, 15) is 4.79 Å². The number of pyridine rings is 1. The second-order valence-corrected chi connectivity index (χ2v) is 7.36. The lowest BCUT2D eigenvalue weighted by molar-refractivity contribution is -0.128. The van der Waals surface area contributed by atoms with Crippen LogP contribution in [0.2, 0.25) is 0 Å². The molecule has 0 aliphatic carbocycles. The number of aromatic nitrogens is 3. The molecular formula is C20H21N5O3S. The summed E-state index contributed by atoms with van der Waals surface area (Å²) in [6.45, 7) is 2.88. The van der Waals surface area contributed by atoms with E-state index in [1.54, 1.807) is 31.6 Å². The number of rotatable bonds is 6. The molecule has 0 atom stereocenters. The highest BCUT2D eigenvalue weighted by Gasteiger charge is 2.23. The monoisotopic (exact) mass is 411 g/mol. The molecule has 0 spiro atoms. The Morgan fingerprint density at radius 2 is 1.86 bits per heavy atom. The van der Waals surface area contributed by atoms with Gasteiger partial charge in [-0.3, -0.25) is 9.78 Å². The number of thioether (sulfide) groups is 1. The molecule has 4 rings (SSSR count). The summed E-state index contributed by atoms with van der Waals surface area (Å²) in [4.78, 5) is 20.7. The summed E-state index contributed by atoms with van der Waals surface area (Å²) in [6, 6.07) is 11.5. The molecule has 3 aromatic rings. The van der Waals surface area contributed by atoms with Crippen LogP contribution >= 0.6 is 11.8 Å². The normalized spacial score (nSPS) is 14.1. The van der Waals surface area contributed by atoms with Gasteiger partial charge in [-0.05, 0) is 24.3 Å². The van der Waals surface area contributed by atoms with Crippen LogP contribution < -0.4 is 9.64 Å².